The fourth-order valence-corrected chi connectivity index (χ4v) is 3.67. The number of fused-ring (bicyclic) bond motifs is 1. The summed E-state index contributed by atoms with van der Waals surface area (Å²) in [6, 6.07) is 2.27. The fraction of sp³-hybridized carbons (Fsp3) is 0.722. The van der Waals surface area contributed by atoms with Crippen molar-refractivity contribution in [1.82, 2.24) is 15.5 Å². The molecule has 5 nitrogen and oxygen atoms in total. The first-order valence-electron chi connectivity index (χ1n) is 9.13. The second kappa shape index (κ2) is 11.4. The van der Waals surface area contributed by atoms with Crippen LogP contribution in [-0.4, -0.2) is 57.3 Å². The van der Waals surface area contributed by atoms with Crippen LogP contribution in [0.2, 0.25) is 0 Å². The summed E-state index contributed by atoms with van der Waals surface area (Å²) in [6.07, 6.45) is 4.55. The number of hydrogen-bond acceptors (Lipinski definition) is 4. The molecule has 0 bridgehead atoms. The molecule has 2 heterocycles. The van der Waals surface area contributed by atoms with Crippen molar-refractivity contribution < 1.29 is 4.74 Å². The van der Waals surface area contributed by atoms with Crippen LogP contribution in [-0.2, 0) is 17.7 Å². The molecule has 2 N–H and O–H groups in total. The topological polar surface area (TPSA) is 48.9 Å². The summed E-state index contributed by atoms with van der Waals surface area (Å²) >= 11 is 1.90. The quantitative estimate of drug-likeness (QED) is 0.386. The van der Waals surface area contributed by atoms with Crippen molar-refractivity contribution in [3.8, 4) is 0 Å². The number of thiophene rings is 1. The summed E-state index contributed by atoms with van der Waals surface area (Å²) in [6.45, 7) is 9.00. The number of nitrogens with one attached hydrogen (secondary N) is 2. The van der Waals surface area contributed by atoms with E-state index in [0.29, 0.717) is 0 Å². The molecular formula is C18H32N4OS. The van der Waals surface area contributed by atoms with Crippen LogP contribution in [0.5, 0.6) is 0 Å². The summed E-state index contributed by atoms with van der Waals surface area (Å²) in [5, 5.41) is 8.97. The van der Waals surface area contributed by atoms with Gasteiger partial charge in [-0.05, 0) is 36.3 Å². The first-order valence-corrected chi connectivity index (χ1v) is 10.0. The third-order valence-electron chi connectivity index (χ3n) is 4.23. The van der Waals surface area contributed by atoms with Gasteiger partial charge in [0.25, 0.3) is 0 Å². The van der Waals surface area contributed by atoms with Gasteiger partial charge >= 0.3 is 0 Å². The van der Waals surface area contributed by atoms with Crippen LogP contribution in [0.25, 0.3) is 0 Å². The Hall–Kier alpha value is -1.11. The van der Waals surface area contributed by atoms with E-state index in [4.69, 9.17) is 4.74 Å². The minimum atomic E-state index is 0.820. The van der Waals surface area contributed by atoms with Crippen LogP contribution >= 0.6 is 11.3 Å². The van der Waals surface area contributed by atoms with Crippen LogP contribution in [0, 0.1) is 0 Å². The van der Waals surface area contributed by atoms with E-state index in [9.17, 15) is 0 Å². The van der Waals surface area contributed by atoms with E-state index in [1.807, 2.05) is 18.4 Å². The third kappa shape index (κ3) is 6.79. The number of hydrogen-bond donors (Lipinski definition) is 2. The average molecular weight is 353 g/mol. The van der Waals surface area contributed by atoms with E-state index in [2.05, 4.69) is 38.9 Å². The smallest absolute Gasteiger partial charge is 0.191 e. The highest BCUT2D eigenvalue weighted by Crippen LogP contribution is 2.23. The van der Waals surface area contributed by atoms with Gasteiger partial charge in [-0.2, -0.15) is 0 Å². The summed E-state index contributed by atoms with van der Waals surface area (Å²) in [5.41, 5.74) is 1.51. The molecule has 6 heteroatoms. The largest absolute Gasteiger partial charge is 0.381 e. The van der Waals surface area contributed by atoms with Gasteiger partial charge in [-0.1, -0.05) is 13.3 Å². The van der Waals surface area contributed by atoms with Crippen LogP contribution < -0.4 is 10.6 Å². The maximum absolute atomic E-state index is 5.57. The van der Waals surface area contributed by atoms with Gasteiger partial charge in [-0.3, -0.25) is 9.89 Å². The van der Waals surface area contributed by atoms with Crippen molar-refractivity contribution in [3.05, 3.63) is 21.9 Å². The SMILES string of the molecule is CCCCOCCCNC(=NC)NCCN1CCc2sccc2C1. The molecule has 0 unspecified atom stereocenters. The number of aliphatic imine (C=N–C) groups is 1. The second-order valence-corrected chi connectivity index (χ2v) is 7.14. The monoisotopic (exact) mass is 352 g/mol. The Balaban J connectivity index is 1.52. The van der Waals surface area contributed by atoms with Gasteiger partial charge in [0.2, 0.25) is 0 Å². The van der Waals surface area contributed by atoms with Crippen LogP contribution in [0.3, 0.4) is 0 Å². The van der Waals surface area contributed by atoms with Crippen LogP contribution in [0.15, 0.2) is 16.4 Å². The van der Waals surface area contributed by atoms with Crippen molar-refractivity contribution in [2.45, 2.75) is 39.2 Å². The lowest BCUT2D eigenvalue weighted by Gasteiger charge is -2.27. The minimum Gasteiger partial charge on any atom is -0.381 e. The number of nitrogens with zero attached hydrogens (tertiary/aromatic N) is 2. The number of rotatable bonds is 10. The van der Waals surface area contributed by atoms with Gasteiger partial charge in [0.1, 0.15) is 0 Å². The Kier molecular flexibility index (Phi) is 9.16. The maximum Gasteiger partial charge on any atom is 0.191 e. The van der Waals surface area contributed by atoms with Gasteiger partial charge in [-0.15, -0.1) is 11.3 Å². The molecule has 0 fully saturated rings. The molecule has 24 heavy (non-hydrogen) atoms. The summed E-state index contributed by atoms with van der Waals surface area (Å²) in [7, 11) is 1.83. The molecule has 1 aromatic heterocycles. The molecule has 0 radical (unpaired) electrons. The standard InChI is InChI=1S/C18H32N4OS/c1-3-4-12-23-13-5-8-20-18(19-2)21-9-11-22-10-6-17-16(15-22)7-14-24-17/h7,14H,3-6,8-13,15H2,1-2H3,(H2,19,20,21). The third-order valence-corrected chi connectivity index (χ3v) is 5.25. The van der Waals surface area contributed by atoms with Gasteiger partial charge < -0.3 is 15.4 Å². The van der Waals surface area contributed by atoms with Crippen molar-refractivity contribution in [2.24, 2.45) is 4.99 Å². The normalized spacial score (nSPS) is 15.3. The molecule has 136 valence electrons. The molecule has 0 amide bonds. The zero-order chi connectivity index (χ0) is 17.0. The molecule has 0 atom stereocenters. The summed E-state index contributed by atoms with van der Waals surface area (Å²) in [5.74, 6) is 0.886. The highest BCUT2D eigenvalue weighted by molar-refractivity contribution is 7.10. The van der Waals surface area contributed by atoms with Gasteiger partial charge in [0.05, 0.1) is 0 Å². The number of guanidine groups is 1. The first kappa shape index (κ1) is 19.2. The number of ether oxygens (including phenoxy) is 1. The average Bonchev–Trinajstić information content (AvgIpc) is 3.07. The highest BCUT2D eigenvalue weighted by atomic mass is 32.1. The predicted molar refractivity (Wildman–Crippen MR) is 103 cm³/mol. The minimum absolute atomic E-state index is 0.820. The van der Waals surface area contributed by atoms with Crippen molar-refractivity contribution in [3.63, 3.8) is 0 Å². The summed E-state index contributed by atoms with van der Waals surface area (Å²) in [4.78, 5) is 8.36. The van der Waals surface area contributed by atoms with Gasteiger partial charge in [0, 0.05) is 57.9 Å². The van der Waals surface area contributed by atoms with Gasteiger partial charge in [-0.25, -0.2) is 0 Å². The highest BCUT2D eigenvalue weighted by Gasteiger charge is 2.16. The molecule has 0 saturated heterocycles. The molecule has 1 aliphatic heterocycles. The van der Waals surface area contributed by atoms with E-state index in [1.165, 1.54) is 18.4 Å². The second-order valence-electron chi connectivity index (χ2n) is 6.14. The molecule has 0 saturated carbocycles. The molecular weight excluding hydrogens is 320 g/mol. The molecule has 0 aromatic carbocycles. The lowest BCUT2D eigenvalue weighted by molar-refractivity contribution is 0.129. The molecule has 1 aliphatic rings. The van der Waals surface area contributed by atoms with E-state index in [1.54, 1.807) is 4.88 Å². The molecule has 0 spiro atoms. The molecule has 0 aliphatic carbocycles. The maximum atomic E-state index is 5.57. The van der Waals surface area contributed by atoms with Gasteiger partial charge in [0.15, 0.2) is 5.96 Å². The lowest BCUT2D eigenvalue weighted by atomic mass is 10.1. The van der Waals surface area contributed by atoms with E-state index in [-0.39, 0.29) is 0 Å². The summed E-state index contributed by atoms with van der Waals surface area (Å²) < 4.78 is 5.57. The van der Waals surface area contributed by atoms with E-state index < -0.39 is 0 Å². The number of unbranched alkanes of at least 4 members (excludes halogenated alkanes) is 1. The Morgan fingerprint density at radius 2 is 2.12 bits per heavy atom. The lowest BCUT2D eigenvalue weighted by Crippen LogP contribution is -2.42. The predicted octanol–water partition coefficient (Wildman–Crippen LogP) is 2.48. The Labute approximate surface area is 150 Å². The van der Waals surface area contributed by atoms with Crippen molar-refractivity contribution in [1.29, 1.82) is 0 Å². The van der Waals surface area contributed by atoms with Crippen LogP contribution in [0.1, 0.15) is 36.6 Å². The Morgan fingerprint density at radius 1 is 1.29 bits per heavy atom. The Morgan fingerprint density at radius 3 is 2.96 bits per heavy atom. The van der Waals surface area contributed by atoms with E-state index in [0.717, 1.165) is 64.7 Å². The van der Waals surface area contributed by atoms with Crippen molar-refractivity contribution >= 4 is 17.3 Å². The first-order chi connectivity index (χ1) is 11.8. The zero-order valence-electron chi connectivity index (χ0n) is 15.1. The fourth-order valence-electron chi connectivity index (χ4n) is 2.78. The van der Waals surface area contributed by atoms with Crippen LogP contribution in [0.4, 0.5) is 0 Å². The Bertz CT molecular complexity index is 489. The zero-order valence-corrected chi connectivity index (χ0v) is 16.0. The molecule has 1 aromatic rings. The van der Waals surface area contributed by atoms with Crippen molar-refractivity contribution in [2.75, 3.05) is 46.4 Å². The molecule has 2 rings (SSSR count). The van der Waals surface area contributed by atoms with E-state index >= 15 is 0 Å².